The zero-order chi connectivity index (χ0) is 15.2. The van der Waals surface area contributed by atoms with Gasteiger partial charge in [0, 0.05) is 43.2 Å². The molecule has 1 N–H and O–H groups in total. The SMILES string of the molecule is CC(CN1CCOCC1)NCc1nc(-c2ccccc2)cs1. The van der Waals surface area contributed by atoms with Crippen LogP contribution in [0.4, 0.5) is 0 Å². The third-order valence-electron chi connectivity index (χ3n) is 3.86. The van der Waals surface area contributed by atoms with E-state index in [1.54, 1.807) is 11.3 Å². The van der Waals surface area contributed by atoms with Crippen LogP contribution in [-0.4, -0.2) is 48.8 Å². The van der Waals surface area contributed by atoms with E-state index in [1.165, 1.54) is 5.56 Å². The summed E-state index contributed by atoms with van der Waals surface area (Å²) in [6, 6.07) is 10.8. The van der Waals surface area contributed by atoms with E-state index >= 15 is 0 Å². The standard InChI is InChI=1S/C17H23N3OS/c1-14(12-20-7-9-21-10-8-20)18-11-17-19-16(13-22-17)15-5-3-2-4-6-15/h2-6,13-14,18H,7-12H2,1H3. The summed E-state index contributed by atoms with van der Waals surface area (Å²) in [5, 5.41) is 6.86. The van der Waals surface area contributed by atoms with E-state index in [0.717, 1.165) is 50.1 Å². The highest BCUT2D eigenvalue weighted by atomic mass is 32.1. The molecule has 22 heavy (non-hydrogen) atoms. The molecule has 0 spiro atoms. The van der Waals surface area contributed by atoms with Crippen molar-refractivity contribution < 1.29 is 4.74 Å². The summed E-state index contributed by atoms with van der Waals surface area (Å²) in [7, 11) is 0. The maximum Gasteiger partial charge on any atom is 0.107 e. The Morgan fingerprint density at radius 1 is 1.27 bits per heavy atom. The van der Waals surface area contributed by atoms with Crippen LogP contribution in [0.15, 0.2) is 35.7 Å². The van der Waals surface area contributed by atoms with Crippen molar-refractivity contribution in [3.05, 3.63) is 40.7 Å². The fourth-order valence-corrected chi connectivity index (χ4v) is 3.38. The highest BCUT2D eigenvalue weighted by Gasteiger charge is 2.13. The fraction of sp³-hybridized carbons (Fsp3) is 0.471. The normalized spacial score (nSPS) is 17.5. The van der Waals surface area contributed by atoms with E-state index in [1.807, 2.05) is 6.07 Å². The van der Waals surface area contributed by atoms with E-state index in [4.69, 9.17) is 9.72 Å². The topological polar surface area (TPSA) is 37.4 Å². The smallest absolute Gasteiger partial charge is 0.107 e. The van der Waals surface area contributed by atoms with Gasteiger partial charge in [-0.3, -0.25) is 4.90 Å². The van der Waals surface area contributed by atoms with Crippen LogP contribution in [-0.2, 0) is 11.3 Å². The Hall–Kier alpha value is -1.27. The molecule has 1 unspecified atom stereocenters. The third-order valence-corrected chi connectivity index (χ3v) is 4.71. The Kier molecular flexibility index (Phi) is 5.56. The molecule has 1 aromatic carbocycles. The van der Waals surface area contributed by atoms with Gasteiger partial charge in [0.25, 0.3) is 0 Å². The lowest BCUT2D eigenvalue weighted by molar-refractivity contribution is 0.0343. The summed E-state index contributed by atoms with van der Waals surface area (Å²) in [6.07, 6.45) is 0. The molecule has 3 rings (SSSR count). The first-order chi connectivity index (χ1) is 10.8. The average molecular weight is 317 g/mol. The van der Waals surface area contributed by atoms with Crippen LogP contribution in [0.5, 0.6) is 0 Å². The van der Waals surface area contributed by atoms with Gasteiger partial charge in [-0.25, -0.2) is 4.98 Å². The van der Waals surface area contributed by atoms with Crippen LogP contribution in [0.1, 0.15) is 11.9 Å². The van der Waals surface area contributed by atoms with Gasteiger partial charge in [0.05, 0.1) is 18.9 Å². The number of hydrogen-bond acceptors (Lipinski definition) is 5. The number of ether oxygens (including phenoxy) is 1. The second-order valence-electron chi connectivity index (χ2n) is 5.69. The minimum absolute atomic E-state index is 0.460. The van der Waals surface area contributed by atoms with Crippen LogP contribution in [0.3, 0.4) is 0 Å². The molecule has 4 nitrogen and oxygen atoms in total. The van der Waals surface area contributed by atoms with Crippen molar-refractivity contribution in [2.24, 2.45) is 0 Å². The maximum atomic E-state index is 5.38. The summed E-state index contributed by atoms with van der Waals surface area (Å²) in [5.41, 5.74) is 2.26. The molecule has 5 heteroatoms. The lowest BCUT2D eigenvalue weighted by Crippen LogP contribution is -2.44. The summed E-state index contributed by atoms with van der Waals surface area (Å²) >= 11 is 1.73. The van der Waals surface area contributed by atoms with E-state index in [-0.39, 0.29) is 0 Å². The Bertz CT molecular complexity index is 566. The second kappa shape index (κ2) is 7.83. The van der Waals surface area contributed by atoms with Gasteiger partial charge in [-0.1, -0.05) is 30.3 Å². The van der Waals surface area contributed by atoms with Crippen LogP contribution in [0.2, 0.25) is 0 Å². The predicted molar refractivity (Wildman–Crippen MR) is 91.1 cm³/mol. The first kappa shape index (κ1) is 15.6. The van der Waals surface area contributed by atoms with E-state index < -0.39 is 0 Å². The van der Waals surface area contributed by atoms with Gasteiger partial charge in [-0.2, -0.15) is 0 Å². The second-order valence-corrected chi connectivity index (χ2v) is 6.63. The number of nitrogens with zero attached hydrogens (tertiary/aromatic N) is 2. The molecule has 0 saturated carbocycles. The largest absolute Gasteiger partial charge is 0.379 e. The number of thiazole rings is 1. The maximum absolute atomic E-state index is 5.38. The molecule has 1 aliphatic heterocycles. The molecule has 118 valence electrons. The average Bonchev–Trinajstić information content (AvgIpc) is 3.04. The minimum atomic E-state index is 0.460. The number of aromatic nitrogens is 1. The molecule has 0 amide bonds. The summed E-state index contributed by atoms with van der Waals surface area (Å²) in [4.78, 5) is 7.18. The predicted octanol–water partition coefficient (Wildman–Crippen LogP) is 2.62. The first-order valence-corrected chi connectivity index (χ1v) is 8.72. The minimum Gasteiger partial charge on any atom is -0.379 e. The third kappa shape index (κ3) is 4.36. The molecule has 2 aromatic rings. The summed E-state index contributed by atoms with van der Waals surface area (Å²) in [5.74, 6) is 0. The van der Waals surface area contributed by atoms with Gasteiger partial charge in [0.2, 0.25) is 0 Å². The van der Waals surface area contributed by atoms with E-state index in [0.29, 0.717) is 6.04 Å². The van der Waals surface area contributed by atoms with Gasteiger partial charge in [0.15, 0.2) is 0 Å². The highest BCUT2D eigenvalue weighted by molar-refractivity contribution is 7.09. The molecule has 0 bridgehead atoms. The van der Waals surface area contributed by atoms with Gasteiger partial charge in [0.1, 0.15) is 5.01 Å². The quantitative estimate of drug-likeness (QED) is 0.889. The first-order valence-electron chi connectivity index (χ1n) is 7.84. The van der Waals surface area contributed by atoms with Gasteiger partial charge in [-0.05, 0) is 6.92 Å². The van der Waals surface area contributed by atoms with Crippen LogP contribution < -0.4 is 5.32 Å². The van der Waals surface area contributed by atoms with Gasteiger partial charge < -0.3 is 10.1 Å². The van der Waals surface area contributed by atoms with Crippen molar-refractivity contribution in [2.75, 3.05) is 32.8 Å². The molecule has 0 aliphatic carbocycles. The zero-order valence-corrected chi connectivity index (χ0v) is 13.8. The number of benzene rings is 1. The van der Waals surface area contributed by atoms with Crippen LogP contribution in [0.25, 0.3) is 11.3 Å². The molecular formula is C17H23N3OS. The molecule has 1 atom stereocenters. The van der Waals surface area contributed by atoms with Crippen molar-refractivity contribution in [2.45, 2.75) is 19.5 Å². The molecule has 1 saturated heterocycles. The monoisotopic (exact) mass is 317 g/mol. The zero-order valence-electron chi connectivity index (χ0n) is 13.0. The van der Waals surface area contributed by atoms with E-state index in [2.05, 4.69) is 46.8 Å². The van der Waals surface area contributed by atoms with E-state index in [9.17, 15) is 0 Å². The molecule has 1 fully saturated rings. The lowest BCUT2D eigenvalue weighted by atomic mass is 10.2. The lowest BCUT2D eigenvalue weighted by Gasteiger charge is -2.29. The van der Waals surface area contributed by atoms with Crippen molar-refractivity contribution in [1.29, 1.82) is 0 Å². The van der Waals surface area contributed by atoms with Gasteiger partial charge in [-0.15, -0.1) is 11.3 Å². The number of rotatable bonds is 6. The number of morpholine rings is 1. The Labute approximate surface area is 136 Å². The molecular weight excluding hydrogens is 294 g/mol. The molecule has 2 heterocycles. The van der Waals surface area contributed by atoms with Crippen molar-refractivity contribution in [1.82, 2.24) is 15.2 Å². The fourth-order valence-electron chi connectivity index (χ4n) is 2.63. The number of hydrogen-bond donors (Lipinski definition) is 1. The molecule has 1 aliphatic rings. The molecule has 1 aromatic heterocycles. The van der Waals surface area contributed by atoms with Crippen LogP contribution in [0, 0.1) is 0 Å². The number of nitrogens with one attached hydrogen (secondary N) is 1. The summed E-state index contributed by atoms with van der Waals surface area (Å²) in [6.45, 7) is 7.95. The summed E-state index contributed by atoms with van der Waals surface area (Å²) < 4.78 is 5.38. The Morgan fingerprint density at radius 2 is 2.05 bits per heavy atom. The Morgan fingerprint density at radius 3 is 2.82 bits per heavy atom. The van der Waals surface area contributed by atoms with Crippen molar-refractivity contribution in [3.63, 3.8) is 0 Å². The molecule has 0 radical (unpaired) electrons. The van der Waals surface area contributed by atoms with Crippen molar-refractivity contribution >= 4 is 11.3 Å². The highest BCUT2D eigenvalue weighted by Crippen LogP contribution is 2.21. The Balaban J connectivity index is 1.48. The van der Waals surface area contributed by atoms with Crippen molar-refractivity contribution in [3.8, 4) is 11.3 Å². The van der Waals surface area contributed by atoms with Crippen LogP contribution >= 0.6 is 11.3 Å². The van der Waals surface area contributed by atoms with Gasteiger partial charge >= 0.3 is 0 Å².